The highest BCUT2D eigenvalue weighted by molar-refractivity contribution is 5.81. The number of ether oxygens (including phenoxy) is 2. The summed E-state index contributed by atoms with van der Waals surface area (Å²) in [4.78, 5) is 14.1. The van der Waals surface area contributed by atoms with Crippen LogP contribution in [0.5, 0.6) is 11.5 Å². The van der Waals surface area contributed by atoms with E-state index in [2.05, 4.69) is 17.4 Å². The second-order valence-electron chi connectivity index (χ2n) is 11.7. The van der Waals surface area contributed by atoms with Crippen LogP contribution in [0.2, 0.25) is 0 Å². The van der Waals surface area contributed by atoms with Gasteiger partial charge in [-0.2, -0.15) is 0 Å². The van der Waals surface area contributed by atoms with Crippen molar-refractivity contribution < 1.29 is 28.2 Å². The van der Waals surface area contributed by atoms with Gasteiger partial charge in [-0.1, -0.05) is 61.9 Å². The molecule has 0 aliphatic heterocycles. The second kappa shape index (κ2) is 13.9. The Labute approximate surface area is 249 Å². The van der Waals surface area contributed by atoms with Crippen LogP contribution in [-0.4, -0.2) is 35.7 Å². The fraction of sp³-hybridized carbons (Fsp3) is 0.514. The zero-order valence-electron chi connectivity index (χ0n) is 25.3. The second-order valence-corrected chi connectivity index (χ2v) is 11.7. The molecule has 0 bridgehead atoms. The Morgan fingerprint density at radius 3 is 2.19 bits per heavy atom. The molecule has 2 N–H and O–H groups in total. The van der Waals surface area contributed by atoms with Crippen molar-refractivity contribution in [1.82, 2.24) is 5.32 Å². The quantitative estimate of drug-likeness (QED) is 0.210. The average molecular weight is 582 g/mol. The predicted molar refractivity (Wildman–Crippen MR) is 162 cm³/mol. The summed E-state index contributed by atoms with van der Waals surface area (Å²) in [6, 6.07) is 14.0. The summed E-state index contributed by atoms with van der Waals surface area (Å²) in [5.74, 6) is -2.65. The fourth-order valence-electron chi connectivity index (χ4n) is 6.38. The Bertz CT molecular complexity index is 1240. The third-order valence-corrected chi connectivity index (χ3v) is 8.55. The van der Waals surface area contributed by atoms with E-state index in [9.17, 15) is 18.7 Å². The number of amides is 1. The number of rotatable bonds is 15. The van der Waals surface area contributed by atoms with Crippen molar-refractivity contribution in [1.29, 1.82) is 0 Å². The SMILES string of the molecule is CCOc1cc([C@@H](C)C(CCCCc2ccccc2)C(=O)NC2(C3=CC=CC3)CC(F)(F)C2)cc(OCC)c1C(C)O. The maximum absolute atomic E-state index is 14.3. The first-order valence-corrected chi connectivity index (χ1v) is 15.3. The molecule has 2 aromatic rings. The number of aliphatic hydroxyl groups excluding tert-OH is 1. The lowest BCUT2D eigenvalue weighted by molar-refractivity contribution is -0.143. The number of hydrogen-bond acceptors (Lipinski definition) is 4. The molecule has 4 rings (SSSR count). The molecule has 0 radical (unpaired) electrons. The van der Waals surface area contributed by atoms with Gasteiger partial charge in [0, 0.05) is 18.8 Å². The number of carbonyl (C=O) groups is 1. The standard InChI is InChI=1S/C35H45F2NO4/c1-5-41-30-20-27(21-31(42-6-2)32(30)25(4)39)24(3)29(19-13-10-16-26-14-8-7-9-15-26)33(40)38-34(22-35(36,37)23-34)28-17-11-12-18-28/h7-9,11-12,14-15,17,20-21,24-25,29,39H,5-6,10,13,16,18-19,22-23H2,1-4H3,(H,38,40)/t24-,25?,29?/m1/s1. The molecule has 0 heterocycles. The van der Waals surface area contributed by atoms with Gasteiger partial charge < -0.3 is 19.9 Å². The van der Waals surface area contributed by atoms with Crippen LogP contribution in [0.1, 0.15) is 94.9 Å². The largest absolute Gasteiger partial charge is 0.493 e. The van der Waals surface area contributed by atoms with E-state index < -0.39 is 23.5 Å². The summed E-state index contributed by atoms with van der Waals surface area (Å²) in [6.07, 6.45) is 7.94. The summed E-state index contributed by atoms with van der Waals surface area (Å²) >= 11 is 0. The van der Waals surface area contributed by atoms with Gasteiger partial charge in [0.15, 0.2) is 0 Å². The number of aryl methyl sites for hydroxylation is 1. The molecular formula is C35H45F2NO4. The monoisotopic (exact) mass is 581 g/mol. The summed E-state index contributed by atoms with van der Waals surface area (Å²) in [6.45, 7) is 8.26. The van der Waals surface area contributed by atoms with Crippen LogP contribution >= 0.6 is 0 Å². The van der Waals surface area contributed by atoms with Crippen molar-refractivity contribution in [2.75, 3.05) is 13.2 Å². The molecule has 5 nitrogen and oxygen atoms in total. The lowest BCUT2D eigenvalue weighted by atomic mass is 9.67. The van der Waals surface area contributed by atoms with Gasteiger partial charge in [-0.05, 0) is 81.2 Å². The van der Waals surface area contributed by atoms with Gasteiger partial charge in [0.2, 0.25) is 5.91 Å². The first kappa shape index (κ1) is 31.7. The number of carbonyl (C=O) groups excluding carboxylic acids is 1. The lowest BCUT2D eigenvalue weighted by Crippen LogP contribution is -2.64. The topological polar surface area (TPSA) is 67.8 Å². The van der Waals surface area contributed by atoms with Crippen molar-refractivity contribution in [3.05, 3.63) is 83.0 Å². The van der Waals surface area contributed by atoms with Gasteiger partial charge in [0.1, 0.15) is 11.5 Å². The van der Waals surface area contributed by atoms with Crippen LogP contribution in [0.25, 0.3) is 0 Å². The van der Waals surface area contributed by atoms with Crippen LogP contribution < -0.4 is 14.8 Å². The molecule has 3 atom stereocenters. The highest BCUT2D eigenvalue weighted by Crippen LogP contribution is 2.51. The first-order chi connectivity index (χ1) is 20.1. The molecule has 228 valence electrons. The van der Waals surface area contributed by atoms with Crippen LogP contribution in [0.4, 0.5) is 8.78 Å². The lowest BCUT2D eigenvalue weighted by Gasteiger charge is -2.49. The third-order valence-electron chi connectivity index (χ3n) is 8.55. The molecule has 2 aromatic carbocycles. The number of unbranched alkanes of at least 4 members (excludes halogenated alkanes) is 1. The van der Waals surface area contributed by atoms with Crippen molar-refractivity contribution in [2.45, 2.75) is 96.1 Å². The van der Waals surface area contributed by atoms with Gasteiger partial charge in [-0.25, -0.2) is 8.78 Å². The van der Waals surface area contributed by atoms with Crippen molar-refractivity contribution in [3.63, 3.8) is 0 Å². The van der Waals surface area contributed by atoms with E-state index in [1.54, 1.807) is 6.92 Å². The van der Waals surface area contributed by atoms with Crippen molar-refractivity contribution in [3.8, 4) is 11.5 Å². The molecule has 0 spiro atoms. The Hall–Kier alpha value is -3.19. The van der Waals surface area contributed by atoms with Gasteiger partial charge >= 0.3 is 0 Å². The van der Waals surface area contributed by atoms with E-state index in [-0.39, 0.29) is 24.7 Å². The van der Waals surface area contributed by atoms with E-state index in [4.69, 9.17) is 9.47 Å². The molecule has 2 aliphatic rings. The first-order valence-electron chi connectivity index (χ1n) is 15.3. The van der Waals surface area contributed by atoms with Crippen molar-refractivity contribution >= 4 is 5.91 Å². The maximum atomic E-state index is 14.3. The minimum absolute atomic E-state index is 0.207. The fourth-order valence-corrected chi connectivity index (χ4v) is 6.38. The molecule has 2 unspecified atom stereocenters. The maximum Gasteiger partial charge on any atom is 0.253 e. The summed E-state index contributed by atoms with van der Waals surface area (Å²) in [5, 5.41) is 13.6. The van der Waals surface area contributed by atoms with Crippen LogP contribution in [0.3, 0.4) is 0 Å². The van der Waals surface area contributed by atoms with Crippen LogP contribution in [-0.2, 0) is 11.2 Å². The molecule has 0 aromatic heterocycles. The summed E-state index contributed by atoms with van der Waals surface area (Å²) < 4.78 is 40.4. The van der Waals surface area contributed by atoms with Crippen LogP contribution in [0, 0.1) is 5.92 Å². The molecule has 1 saturated carbocycles. The molecule has 7 heteroatoms. The van der Waals surface area contributed by atoms with Crippen molar-refractivity contribution in [2.24, 2.45) is 5.92 Å². The minimum Gasteiger partial charge on any atom is -0.493 e. The van der Waals surface area contributed by atoms with Gasteiger partial charge in [0.25, 0.3) is 5.92 Å². The van der Waals surface area contributed by atoms with E-state index in [1.807, 2.05) is 69.3 Å². The van der Waals surface area contributed by atoms with Gasteiger partial charge in [0.05, 0.1) is 30.4 Å². The Kier molecular flexibility index (Phi) is 10.5. The molecule has 42 heavy (non-hydrogen) atoms. The van der Waals surface area contributed by atoms with E-state index in [1.165, 1.54) is 5.56 Å². The zero-order chi connectivity index (χ0) is 30.3. The zero-order valence-corrected chi connectivity index (χ0v) is 25.3. The summed E-state index contributed by atoms with van der Waals surface area (Å²) in [5.41, 5.74) is 2.50. The Balaban J connectivity index is 1.62. The third kappa shape index (κ3) is 7.41. The van der Waals surface area contributed by atoms with Gasteiger partial charge in [-0.3, -0.25) is 4.79 Å². The number of hydrogen-bond donors (Lipinski definition) is 2. The minimum atomic E-state index is -2.79. The number of allylic oxidation sites excluding steroid dienone is 3. The molecular weight excluding hydrogens is 536 g/mol. The van der Waals surface area contributed by atoms with E-state index >= 15 is 0 Å². The van der Waals surface area contributed by atoms with E-state index in [0.29, 0.717) is 43.1 Å². The number of nitrogens with one attached hydrogen (secondary N) is 1. The van der Waals surface area contributed by atoms with Crippen LogP contribution in [0.15, 0.2) is 66.3 Å². The molecule has 1 amide bonds. The number of halogens is 2. The number of aliphatic hydroxyl groups is 1. The highest BCUT2D eigenvalue weighted by Gasteiger charge is 2.59. The molecule has 2 aliphatic carbocycles. The Morgan fingerprint density at radius 1 is 1.02 bits per heavy atom. The molecule has 1 fully saturated rings. The summed E-state index contributed by atoms with van der Waals surface area (Å²) in [7, 11) is 0. The smallest absolute Gasteiger partial charge is 0.253 e. The normalized spacial score (nSPS) is 18.9. The Morgan fingerprint density at radius 2 is 1.67 bits per heavy atom. The number of benzene rings is 2. The average Bonchev–Trinajstić information content (AvgIpc) is 3.48. The molecule has 0 saturated heterocycles. The van der Waals surface area contributed by atoms with E-state index in [0.717, 1.165) is 30.4 Å². The highest BCUT2D eigenvalue weighted by atomic mass is 19.3. The van der Waals surface area contributed by atoms with Gasteiger partial charge in [-0.15, -0.1) is 0 Å². The predicted octanol–water partition coefficient (Wildman–Crippen LogP) is 7.84. The number of alkyl halides is 2.